The third kappa shape index (κ3) is 4.77. The van der Waals surface area contributed by atoms with Crippen LogP contribution in [-0.4, -0.2) is 22.3 Å². The highest BCUT2D eigenvalue weighted by Crippen LogP contribution is 2.32. The van der Waals surface area contributed by atoms with Crippen molar-refractivity contribution in [2.45, 2.75) is 37.4 Å². The molecule has 0 radical (unpaired) electrons. The van der Waals surface area contributed by atoms with Gasteiger partial charge in [-0.05, 0) is 31.7 Å². The van der Waals surface area contributed by atoms with Gasteiger partial charge in [0.25, 0.3) is 0 Å². The summed E-state index contributed by atoms with van der Waals surface area (Å²) < 4.78 is 39.3. The van der Waals surface area contributed by atoms with E-state index in [9.17, 15) is 13.2 Å². The summed E-state index contributed by atoms with van der Waals surface area (Å²) in [7, 11) is 0. The summed E-state index contributed by atoms with van der Waals surface area (Å²) in [4.78, 5) is 8.67. The Morgan fingerprint density at radius 1 is 1.21 bits per heavy atom. The lowest BCUT2D eigenvalue weighted by Crippen LogP contribution is -2.18. The Balaban J connectivity index is 2.39. The third-order valence-corrected chi connectivity index (χ3v) is 4.17. The number of halogens is 3. The number of benzene rings is 1. The van der Waals surface area contributed by atoms with Crippen molar-refractivity contribution in [2.24, 2.45) is 0 Å². The molecule has 0 aliphatic carbocycles. The van der Waals surface area contributed by atoms with Gasteiger partial charge in [-0.2, -0.15) is 18.2 Å². The highest BCUT2D eigenvalue weighted by Gasteiger charge is 2.34. The molecule has 130 valence electrons. The Labute approximate surface area is 143 Å². The zero-order chi connectivity index (χ0) is 17.7. The van der Waals surface area contributed by atoms with Crippen LogP contribution in [0, 0.1) is 0 Å². The molecule has 0 saturated heterocycles. The van der Waals surface area contributed by atoms with Gasteiger partial charge in [0.05, 0.1) is 5.69 Å². The van der Waals surface area contributed by atoms with Gasteiger partial charge < -0.3 is 10.6 Å². The zero-order valence-corrected chi connectivity index (χ0v) is 14.4. The van der Waals surface area contributed by atoms with Crippen LogP contribution in [0.15, 0.2) is 35.2 Å². The fourth-order valence-corrected chi connectivity index (χ4v) is 2.48. The number of hydrogen-bond donors (Lipinski definition) is 2. The second-order valence-electron chi connectivity index (χ2n) is 5.24. The van der Waals surface area contributed by atoms with Crippen LogP contribution in [0.1, 0.15) is 26.0 Å². The van der Waals surface area contributed by atoms with E-state index in [-0.39, 0.29) is 17.8 Å². The maximum Gasteiger partial charge on any atom is 0.433 e. The molecule has 0 fully saturated rings. The molecule has 2 N–H and O–H groups in total. The Morgan fingerprint density at radius 2 is 1.92 bits per heavy atom. The van der Waals surface area contributed by atoms with Crippen LogP contribution in [0.3, 0.4) is 0 Å². The molecule has 0 spiro atoms. The van der Waals surface area contributed by atoms with Gasteiger partial charge in [0.1, 0.15) is 5.82 Å². The van der Waals surface area contributed by atoms with Crippen LogP contribution in [-0.2, 0) is 6.18 Å². The molecule has 2 aromatic rings. The summed E-state index contributed by atoms with van der Waals surface area (Å²) in [5, 5.41) is 5.85. The zero-order valence-electron chi connectivity index (χ0n) is 13.6. The van der Waals surface area contributed by atoms with Crippen molar-refractivity contribution in [1.82, 2.24) is 9.97 Å². The Kier molecular flexibility index (Phi) is 5.93. The van der Waals surface area contributed by atoms with Gasteiger partial charge in [0.15, 0.2) is 5.69 Å². The quantitative estimate of drug-likeness (QED) is 0.699. The van der Waals surface area contributed by atoms with E-state index in [0.717, 1.165) is 17.4 Å². The molecule has 0 amide bonds. The second kappa shape index (κ2) is 7.74. The maximum atomic E-state index is 13.1. The first-order valence-corrected chi connectivity index (χ1v) is 8.68. The molecule has 2 rings (SSSR count). The lowest BCUT2D eigenvalue weighted by atomic mass is 10.3. The molecule has 1 aromatic heterocycles. The molecule has 4 nitrogen and oxygen atoms in total. The minimum atomic E-state index is -4.54. The number of aromatic nitrogens is 2. The first kappa shape index (κ1) is 18.4. The molecule has 0 bridgehead atoms. The largest absolute Gasteiger partial charge is 0.433 e. The van der Waals surface area contributed by atoms with E-state index in [2.05, 4.69) is 20.6 Å². The molecular formula is C16H19F3N4S. The van der Waals surface area contributed by atoms with E-state index in [1.807, 2.05) is 38.3 Å². The van der Waals surface area contributed by atoms with Crippen molar-refractivity contribution < 1.29 is 13.2 Å². The summed E-state index contributed by atoms with van der Waals surface area (Å²) >= 11 is 1.50. The number of para-hydroxylation sites is 1. The SMILES string of the molecule is CC[C@@H](C)Nc1nc(Nc2ccccc2SC)cc(C(F)(F)F)n1. The molecule has 0 unspecified atom stereocenters. The molecular weight excluding hydrogens is 337 g/mol. The summed E-state index contributed by atoms with van der Waals surface area (Å²) in [6.45, 7) is 3.79. The number of nitrogens with one attached hydrogen (secondary N) is 2. The Morgan fingerprint density at radius 3 is 2.54 bits per heavy atom. The van der Waals surface area contributed by atoms with E-state index >= 15 is 0 Å². The molecule has 24 heavy (non-hydrogen) atoms. The monoisotopic (exact) mass is 356 g/mol. The minimum absolute atomic E-state index is 0.0279. The fourth-order valence-electron chi connectivity index (χ4n) is 1.93. The van der Waals surface area contributed by atoms with Gasteiger partial charge in [-0.25, -0.2) is 4.98 Å². The first-order chi connectivity index (χ1) is 11.3. The average Bonchev–Trinajstić information content (AvgIpc) is 2.54. The van der Waals surface area contributed by atoms with Gasteiger partial charge >= 0.3 is 6.18 Å². The number of rotatable bonds is 6. The summed E-state index contributed by atoms with van der Waals surface area (Å²) in [6, 6.07) is 8.25. The lowest BCUT2D eigenvalue weighted by Gasteiger charge is -2.16. The fraction of sp³-hybridized carbons (Fsp3) is 0.375. The number of nitrogens with zero attached hydrogens (tertiary/aromatic N) is 2. The van der Waals surface area contributed by atoms with E-state index in [1.54, 1.807) is 6.07 Å². The average molecular weight is 356 g/mol. The van der Waals surface area contributed by atoms with E-state index < -0.39 is 11.9 Å². The molecule has 1 atom stereocenters. The Hall–Kier alpha value is -1.96. The van der Waals surface area contributed by atoms with Crippen molar-refractivity contribution >= 4 is 29.2 Å². The van der Waals surface area contributed by atoms with Crippen LogP contribution >= 0.6 is 11.8 Å². The molecule has 8 heteroatoms. The molecule has 0 aliphatic rings. The van der Waals surface area contributed by atoms with Crippen LogP contribution in [0.4, 0.5) is 30.6 Å². The predicted octanol–water partition coefficient (Wildman–Crippen LogP) is 5.17. The molecule has 0 saturated carbocycles. The van der Waals surface area contributed by atoms with Crippen molar-refractivity contribution in [2.75, 3.05) is 16.9 Å². The molecule has 0 aliphatic heterocycles. The summed E-state index contributed by atoms with van der Waals surface area (Å²) in [5.41, 5.74) is -0.279. The number of anilines is 3. The van der Waals surface area contributed by atoms with Gasteiger partial charge in [0, 0.05) is 17.0 Å². The highest BCUT2D eigenvalue weighted by molar-refractivity contribution is 7.98. The van der Waals surface area contributed by atoms with Crippen LogP contribution in [0.2, 0.25) is 0 Å². The van der Waals surface area contributed by atoms with E-state index in [0.29, 0.717) is 5.69 Å². The van der Waals surface area contributed by atoms with E-state index in [1.165, 1.54) is 11.8 Å². The highest BCUT2D eigenvalue weighted by atomic mass is 32.2. The van der Waals surface area contributed by atoms with Crippen LogP contribution < -0.4 is 10.6 Å². The molecule has 1 aromatic carbocycles. The maximum absolute atomic E-state index is 13.1. The summed E-state index contributed by atoms with van der Waals surface area (Å²) in [5.74, 6) is 0.0629. The van der Waals surface area contributed by atoms with Crippen molar-refractivity contribution in [3.63, 3.8) is 0 Å². The predicted molar refractivity (Wildman–Crippen MR) is 91.9 cm³/mol. The van der Waals surface area contributed by atoms with Gasteiger partial charge in [-0.3, -0.25) is 0 Å². The van der Waals surface area contributed by atoms with Crippen LogP contribution in [0.5, 0.6) is 0 Å². The lowest BCUT2D eigenvalue weighted by molar-refractivity contribution is -0.141. The van der Waals surface area contributed by atoms with E-state index in [4.69, 9.17) is 0 Å². The first-order valence-electron chi connectivity index (χ1n) is 7.46. The second-order valence-corrected chi connectivity index (χ2v) is 6.09. The topological polar surface area (TPSA) is 49.8 Å². The Bertz CT molecular complexity index is 691. The van der Waals surface area contributed by atoms with Crippen molar-refractivity contribution in [3.05, 3.63) is 36.0 Å². The van der Waals surface area contributed by atoms with Crippen molar-refractivity contribution in [3.8, 4) is 0 Å². The number of hydrogen-bond acceptors (Lipinski definition) is 5. The molecule has 1 heterocycles. The normalized spacial score (nSPS) is 12.8. The number of alkyl halides is 3. The van der Waals surface area contributed by atoms with Gasteiger partial charge in [-0.1, -0.05) is 19.1 Å². The van der Waals surface area contributed by atoms with Crippen LogP contribution in [0.25, 0.3) is 0 Å². The van der Waals surface area contributed by atoms with Crippen molar-refractivity contribution in [1.29, 1.82) is 0 Å². The smallest absolute Gasteiger partial charge is 0.352 e. The number of thioether (sulfide) groups is 1. The third-order valence-electron chi connectivity index (χ3n) is 3.37. The van der Waals surface area contributed by atoms with Gasteiger partial charge in [-0.15, -0.1) is 11.8 Å². The minimum Gasteiger partial charge on any atom is -0.352 e. The summed E-state index contributed by atoms with van der Waals surface area (Å²) in [6.07, 6.45) is -1.89. The standard InChI is InChI=1S/C16H19F3N4S/c1-4-10(2)20-15-22-13(16(17,18)19)9-14(23-15)21-11-7-5-6-8-12(11)24-3/h5-10H,4H2,1-3H3,(H2,20,21,22,23)/t10-/m1/s1. The van der Waals surface area contributed by atoms with Gasteiger partial charge in [0.2, 0.25) is 5.95 Å².